The topological polar surface area (TPSA) is 54.0 Å². The first-order chi connectivity index (χ1) is 13.0. The Hall–Kier alpha value is -1.66. The van der Waals surface area contributed by atoms with Crippen LogP contribution in [0, 0.1) is 6.92 Å². The lowest BCUT2D eigenvalue weighted by molar-refractivity contribution is 0.247. The monoisotopic (exact) mass is 403 g/mol. The molecule has 0 radical (unpaired) electrons. The molecule has 1 aromatic heterocycles. The Kier molecular flexibility index (Phi) is 8.05. The number of thioether (sulfide) groups is 2. The summed E-state index contributed by atoms with van der Waals surface area (Å²) in [6.07, 6.45) is 5.91. The Balaban J connectivity index is 2.16. The van der Waals surface area contributed by atoms with Crippen LogP contribution in [-0.4, -0.2) is 30.1 Å². The number of pyridine rings is 1. The van der Waals surface area contributed by atoms with Crippen molar-refractivity contribution in [2.45, 2.75) is 48.9 Å². The van der Waals surface area contributed by atoms with Gasteiger partial charge < -0.3 is 10.6 Å². The molecule has 0 unspecified atom stereocenters. The standard InChI is InChI=1S/C21H29N3OS2/c1-6-21(7-2,16-11-9-8-10-12-16)14-22-20(25)24-18-17(26-4)13-15(3)23-19(18)27-5/h8-13H,6-7,14H2,1-5H3,(H2,22,24,25). The Labute approximate surface area is 171 Å². The largest absolute Gasteiger partial charge is 0.337 e. The lowest BCUT2D eigenvalue weighted by Crippen LogP contribution is -2.42. The van der Waals surface area contributed by atoms with Crippen LogP contribution in [-0.2, 0) is 5.41 Å². The minimum atomic E-state index is -0.187. The molecule has 0 atom stereocenters. The van der Waals surface area contributed by atoms with Gasteiger partial charge in [0.1, 0.15) is 5.03 Å². The molecule has 0 spiro atoms. The maximum atomic E-state index is 12.7. The Morgan fingerprint density at radius 2 is 1.78 bits per heavy atom. The third-order valence-corrected chi connectivity index (χ3v) is 6.50. The van der Waals surface area contributed by atoms with Crippen molar-refractivity contribution in [1.29, 1.82) is 0 Å². The molecule has 1 aromatic carbocycles. The van der Waals surface area contributed by atoms with Crippen LogP contribution in [0.15, 0.2) is 46.3 Å². The number of aryl methyl sites for hydroxylation is 1. The van der Waals surface area contributed by atoms with Gasteiger partial charge in [-0.2, -0.15) is 0 Å². The zero-order valence-corrected chi connectivity index (χ0v) is 18.4. The van der Waals surface area contributed by atoms with E-state index in [9.17, 15) is 4.79 Å². The van der Waals surface area contributed by atoms with Gasteiger partial charge in [-0.3, -0.25) is 0 Å². The molecule has 0 saturated heterocycles. The number of amides is 2. The van der Waals surface area contributed by atoms with Crippen LogP contribution < -0.4 is 10.6 Å². The predicted octanol–water partition coefficient (Wildman–Crippen LogP) is 5.71. The average molecular weight is 404 g/mol. The van der Waals surface area contributed by atoms with Gasteiger partial charge in [0.2, 0.25) is 0 Å². The van der Waals surface area contributed by atoms with Crippen LogP contribution in [0.25, 0.3) is 0 Å². The third kappa shape index (κ3) is 5.20. The summed E-state index contributed by atoms with van der Waals surface area (Å²) in [6.45, 7) is 6.92. The molecule has 0 aliphatic rings. The molecule has 0 fully saturated rings. The van der Waals surface area contributed by atoms with E-state index in [-0.39, 0.29) is 11.4 Å². The number of nitrogens with one attached hydrogen (secondary N) is 2. The Morgan fingerprint density at radius 3 is 2.33 bits per heavy atom. The maximum absolute atomic E-state index is 12.7. The van der Waals surface area contributed by atoms with Gasteiger partial charge in [-0.1, -0.05) is 44.2 Å². The fraction of sp³-hybridized carbons (Fsp3) is 0.429. The van der Waals surface area contributed by atoms with Crippen molar-refractivity contribution in [2.24, 2.45) is 0 Å². The van der Waals surface area contributed by atoms with Crippen LogP contribution in [0.2, 0.25) is 0 Å². The van der Waals surface area contributed by atoms with Crippen LogP contribution >= 0.6 is 23.5 Å². The number of benzene rings is 1. The minimum absolute atomic E-state index is 0.0607. The second-order valence-electron chi connectivity index (χ2n) is 6.51. The molecule has 0 saturated carbocycles. The van der Waals surface area contributed by atoms with E-state index in [1.54, 1.807) is 23.5 Å². The van der Waals surface area contributed by atoms with Crippen LogP contribution in [0.3, 0.4) is 0 Å². The summed E-state index contributed by atoms with van der Waals surface area (Å²) in [5, 5.41) is 6.96. The normalized spacial score (nSPS) is 11.3. The summed E-state index contributed by atoms with van der Waals surface area (Å²) in [6, 6.07) is 12.3. The van der Waals surface area contributed by atoms with Crippen LogP contribution in [0.1, 0.15) is 37.9 Å². The number of carbonyl (C=O) groups excluding carboxylic acids is 1. The number of hydrogen-bond donors (Lipinski definition) is 2. The summed E-state index contributed by atoms with van der Waals surface area (Å²) in [5.41, 5.74) is 2.95. The van der Waals surface area contributed by atoms with E-state index < -0.39 is 0 Å². The predicted molar refractivity (Wildman–Crippen MR) is 118 cm³/mol. The highest BCUT2D eigenvalue weighted by Gasteiger charge is 2.29. The Bertz CT molecular complexity index is 736. The fourth-order valence-corrected chi connectivity index (χ4v) is 4.55. The zero-order chi connectivity index (χ0) is 19.9. The van der Waals surface area contributed by atoms with Gasteiger partial charge in [0.25, 0.3) is 0 Å². The van der Waals surface area contributed by atoms with Crippen molar-refractivity contribution in [3.05, 3.63) is 47.7 Å². The van der Waals surface area contributed by atoms with Crippen LogP contribution in [0.5, 0.6) is 0 Å². The first-order valence-corrected chi connectivity index (χ1v) is 11.6. The molecule has 2 aromatic rings. The van der Waals surface area contributed by atoms with Crippen molar-refractivity contribution in [1.82, 2.24) is 10.3 Å². The second kappa shape index (κ2) is 10.0. The first kappa shape index (κ1) is 21.6. The molecule has 2 rings (SSSR count). The second-order valence-corrected chi connectivity index (χ2v) is 8.15. The van der Waals surface area contributed by atoms with Crippen molar-refractivity contribution >= 4 is 35.2 Å². The van der Waals surface area contributed by atoms with E-state index in [0.29, 0.717) is 6.54 Å². The minimum Gasteiger partial charge on any atom is -0.337 e. The SMILES string of the molecule is CCC(CC)(CNC(=O)Nc1c(SC)cc(C)nc1SC)c1ccccc1. The fourth-order valence-electron chi connectivity index (χ4n) is 3.25. The van der Waals surface area contributed by atoms with Crippen molar-refractivity contribution in [3.8, 4) is 0 Å². The molecular formula is C21H29N3OS2. The number of rotatable bonds is 8. The van der Waals surface area contributed by atoms with E-state index in [4.69, 9.17) is 0 Å². The molecule has 2 N–H and O–H groups in total. The zero-order valence-electron chi connectivity index (χ0n) is 16.8. The first-order valence-electron chi connectivity index (χ1n) is 9.19. The summed E-state index contributed by atoms with van der Waals surface area (Å²) in [4.78, 5) is 18.3. The highest BCUT2D eigenvalue weighted by Crippen LogP contribution is 2.34. The average Bonchev–Trinajstić information content (AvgIpc) is 2.70. The maximum Gasteiger partial charge on any atom is 0.319 e. The number of urea groups is 1. The highest BCUT2D eigenvalue weighted by atomic mass is 32.2. The molecule has 0 bridgehead atoms. The quantitative estimate of drug-likeness (QED) is 0.554. The number of aromatic nitrogens is 1. The molecule has 4 nitrogen and oxygen atoms in total. The lowest BCUT2D eigenvalue weighted by Gasteiger charge is -2.32. The molecule has 2 amide bonds. The molecule has 146 valence electrons. The van der Waals surface area contributed by atoms with Crippen LogP contribution in [0.4, 0.5) is 10.5 Å². The molecule has 1 heterocycles. The van der Waals surface area contributed by atoms with Gasteiger partial charge in [-0.15, -0.1) is 23.5 Å². The van der Waals surface area contributed by atoms with Gasteiger partial charge in [0, 0.05) is 22.5 Å². The van der Waals surface area contributed by atoms with Crippen molar-refractivity contribution < 1.29 is 4.79 Å². The smallest absolute Gasteiger partial charge is 0.319 e. The molecule has 0 aliphatic heterocycles. The molecule has 6 heteroatoms. The highest BCUT2D eigenvalue weighted by molar-refractivity contribution is 7.99. The van der Waals surface area contributed by atoms with E-state index in [0.717, 1.165) is 34.1 Å². The summed E-state index contributed by atoms with van der Waals surface area (Å²) in [7, 11) is 0. The van der Waals surface area contributed by atoms with Gasteiger partial charge in [0.05, 0.1) is 5.69 Å². The summed E-state index contributed by atoms with van der Waals surface area (Å²) < 4.78 is 0. The van der Waals surface area contributed by atoms with Crippen molar-refractivity contribution in [3.63, 3.8) is 0 Å². The van der Waals surface area contributed by atoms with E-state index >= 15 is 0 Å². The molecular weight excluding hydrogens is 374 g/mol. The number of carbonyl (C=O) groups is 1. The Morgan fingerprint density at radius 1 is 1.11 bits per heavy atom. The number of nitrogens with zero attached hydrogens (tertiary/aromatic N) is 1. The van der Waals surface area contributed by atoms with E-state index in [2.05, 4.69) is 53.7 Å². The van der Waals surface area contributed by atoms with Gasteiger partial charge >= 0.3 is 6.03 Å². The lowest BCUT2D eigenvalue weighted by atomic mass is 9.76. The van der Waals surface area contributed by atoms with Gasteiger partial charge in [-0.25, -0.2) is 9.78 Å². The van der Waals surface area contributed by atoms with E-state index in [1.807, 2.05) is 31.6 Å². The molecule has 27 heavy (non-hydrogen) atoms. The van der Waals surface area contributed by atoms with E-state index in [1.165, 1.54) is 5.56 Å². The van der Waals surface area contributed by atoms with Gasteiger partial charge in [-0.05, 0) is 43.9 Å². The third-order valence-electron chi connectivity index (χ3n) is 5.06. The summed E-state index contributed by atoms with van der Waals surface area (Å²) >= 11 is 3.16. The van der Waals surface area contributed by atoms with Gasteiger partial charge in [0.15, 0.2) is 0 Å². The summed E-state index contributed by atoms with van der Waals surface area (Å²) in [5.74, 6) is 0. The number of anilines is 1. The van der Waals surface area contributed by atoms with Crippen molar-refractivity contribution in [2.75, 3.05) is 24.4 Å². The number of hydrogen-bond acceptors (Lipinski definition) is 4. The molecule has 0 aliphatic carbocycles.